The summed E-state index contributed by atoms with van der Waals surface area (Å²) in [5.74, 6) is 0.560. The molecule has 48 heavy (non-hydrogen) atoms. The summed E-state index contributed by atoms with van der Waals surface area (Å²) in [6, 6.07) is 47.6. The first-order chi connectivity index (χ1) is 23.4. The Morgan fingerprint density at radius 3 is 1.75 bits per heavy atom. The van der Waals surface area contributed by atoms with Crippen LogP contribution in [0.1, 0.15) is 41.7 Å². The van der Waals surface area contributed by atoms with Gasteiger partial charge in [0.1, 0.15) is 29.8 Å². The first-order valence-electron chi connectivity index (χ1n) is 16.3. The third-order valence-corrected chi connectivity index (χ3v) is 10.9. The smallest absolute Gasteiger partial charge is 0.244 e. The zero-order valence-corrected chi connectivity index (χ0v) is 27.9. The monoisotopic (exact) mass is 653 g/mol. The Hall–Kier alpha value is -4.85. The van der Waals surface area contributed by atoms with Crippen LogP contribution in [0.2, 0.25) is 0 Å². The second-order valence-corrected chi connectivity index (χ2v) is 14.6. The highest BCUT2D eigenvalue weighted by atomic mass is 32.2. The number of nitrogens with one attached hydrogen (secondary N) is 2. The van der Waals surface area contributed by atoms with Gasteiger partial charge in [0, 0.05) is 11.3 Å². The summed E-state index contributed by atoms with van der Waals surface area (Å²) in [6.07, 6.45) is 0. The molecule has 2 aliphatic heterocycles. The number of benzene rings is 5. The number of hydrogen-bond donors (Lipinski definition) is 2. The Labute approximate surface area is 286 Å². The molecule has 7 rings (SSSR count). The van der Waals surface area contributed by atoms with E-state index in [1.807, 2.05) is 109 Å². The number of amides is 2. The molecule has 3 atom stereocenters. The SMILES string of the molecule is CC1(C)S[C@H]2C(NC(c3ccccc3)(c3ccccc3)c3ccccc3)C(=O)N2C1C(=O)NCc1ccc(OCc2ccccc2)cc1. The van der Waals surface area contributed by atoms with E-state index in [9.17, 15) is 9.59 Å². The Kier molecular flexibility index (Phi) is 8.82. The third-order valence-electron chi connectivity index (χ3n) is 9.32. The van der Waals surface area contributed by atoms with E-state index in [1.54, 1.807) is 16.7 Å². The molecule has 0 aliphatic carbocycles. The molecule has 5 aromatic rings. The van der Waals surface area contributed by atoms with Gasteiger partial charge in [-0.2, -0.15) is 0 Å². The molecule has 0 spiro atoms. The average Bonchev–Trinajstić information content (AvgIpc) is 3.39. The molecule has 0 saturated carbocycles. The first-order valence-corrected chi connectivity index (χ1v) is 17.2. The van der Waals surface area contributed by atoms with E-state index in [2.05, 4.69) is 60.9 Å². The molecule has 2 fully saturated rings. The molecule has 2 N–H and O–H groups in total. The summed E-state index contributed by atoms with van der Waals surface area (Å²) < 4.78 is 5.43. The van der Waals surface area contributed by atoms with Crippen LogP contribution in [-0.4, -0.2) is 38.9 Å². The largest absolute Gasteiger partial charge is 0.489 e. The maximum Gasteiger partial charge on any atom is 0.244 e. The summed E-state index contributed by atoms with van der Waals surface area (Å²) in [5, 5.41) is 6.78. The van der Waals surface area contributed by atoms with Gasteiger partial charge in [-0.15, -0.1) is 11.8 Å². The van der Waals surface area contributed by atoms with Gasteiger partial charge in [-0.25, -0.2) is 0 Å². The maximum atomic E-state index is 14.1. The number of nitrogens with zero attached hydrogens (tertiary/aromatic N) is 1. The molecule has 2 aliphatic rings. The van der Waals surface area contributed by atoms with Crippen LogP contribution in [0, 0.1) is 0 Å². The molecule has 0 radical (unpaired) electrons. The normalized spacial score (nSPS) is 19.7. The number of carbonyl (C=O) groups excluding carboxylic acids is 2. The standard InChI is InChI=1S/C41H39N3O3S/c1-40(2)36(37(45)42-27-29-23-25-34(26-24-29)47-28-30-15-7-3-8-16-30)44-38(46)35(39(44)48-40)43-41(31-17-9-4-10-18-31,32-19-11-5-12-20-32)33-21-13-6-14-22-33/h3-26,35-36,39,43H,27-28H2,1-2H3,(H,42,45)/t35?,36?,39-/m0/s1. The van der Waals surface area contributed by atoms with Crippen molar-refractivity contribution in [2.24, 2.45) is 0 Å². The van der Waals surface area contributed by atoms with E-state index in [-0.39, 0.29) is 17.2 Å². The quantitative estimate of drug-likeness (QED) is 0.120. The molecule has 2 unspecified atom stereocenters. The van der Waals surface area contributed by atoms with Crippen LogP contribution in [0.5, 0.6) is 5.75 Å². The van der Waals surface area contributed by atoms with Crippen LogP contribution in [0.3, 0.4) is 0 Å². The predicted molar refractivity (Wildman–Crippen MR) is 191 cm³/mol. The van der Waals surface area contributed by atoms with E-state index >= 15 is 0 Å². The minimum absolute atomic E-state index is 0.0645. The average molecular weight is 654 g/mol. The summed E-state index contributed by atoms with van der Waals surface area (Å²) in [7, 11) is 0. The Morgan fingerprint density at radius 2 is 1.23 bits per heavy atom. The molecular formula is C41H39N3O3S. The summed E-state index contributed by atoms with van der Waals surface area (Å²) in [5.41, 5.74) is 4.42. The van der Waals surface area contributed by atoms with E-state index in [4.69, 9.17) is 4.74 Å². The number of rotatable bonds is 11. The third kappa shape index (κ3) is 6.00. The van der Waals surface area contributed by atoms with Gasteiger partial charge in [-0.05, 0) is 53.8 Å². The molecule has 0 aromatic heterocycles. The predicted octanol–water partition coefficient (Wildman–Crippen LogP) is 6.89. The van der Waals surface area contributed by atoms with Crippen molar-refractivity contribution in [1.82, 2.24) is 15.5 Å². The van der Waals surface area contributed by atoms with E-state index in [1.165, 1.54) is 0 Å². The van der Waals surface area contributed by atoms with Crippen LogP contribution in [-0.2, 0) is 28.3 Å². The minimum Gasteiger partial charge on any atom is -0.489 e. The van der Waals surface area contributed by atoms with Crippen LogP contribution < -0.4 is 15.4 Å². The number of ether oxygens (including phenoxy) is 1. The van der Waals surface area contributed by atoms with Gasteiger partial charge in [-0.3, -0.25) is 14.9 Å². The van der Waals surface area contributed by atoms with Gasteiger partial charge in [0.15, 0.2) is 0 Å². The molecule has 6 nitrogen and oxygen atoms in total. The fraction of sp³-hybridized carbons (Fsp3) is 0.220. The molecule has 242 valence electrons. The van der Waals surface area contributed by atoms with Gasteiger partial charge in [0.05, 0.1) is 5.54 Å². The fourth-order valence-corrected chi connectivity index (χ4v) is 8.58. The second-order valence-electron chi connectivity index (χ2n) is 12.9. The van der Waals surface area contributed by atoms with Crippen LogP contribution >= 0.6 is 11.8 Å². The first kappa shape index (κ1) is 31.7. The topological polar surface area (TPSA) is 70.7 Å². The van der Waals surface area contributed by atoms with Crippen molar-refractivity contribution in [2.75, 3.05) is 0 Å². The lowest BCUT2D eigenvalue weighted by Gasteiger charge is -2.49. The second kappa shape index (κ2) is 13.3. The number of β-lactam (4-membered cyclic amide) rings is 1. The Morgan fingerprint density at radius 1 is 0.729 bits per heavy atom. The number of fused-ring (bicyclic) bond motifs is 1. The van der Waals surface area contributed by atoms with E-state index < -0.39 is 22.4 Å². The highest BCUT2D eigenvalue weighted by Gasteiger charge is 2.64. The molecule has 2 heterocycles. The fourth-order valence-electron chi connectivity index (χ4n) is 6.95. The zero-order valence-electron chi connectivity index (χ0n) is 27.1. The van der Waals surface area contributed by atoms with Crippen molar-refractivity contribution in [3.05, 3.63) is 173 Å². The van der Waals surface area contributed by atoms with E-state index in [0.29, 0.717) is 13.2 Å². The van der Waals surface area contributed by atoms with Gasteiger partial charge in [0.2, 0.25) is 11.8 Å². The summed E-state index contributed by atoms with van der Waals surface area (Å²) in [4.78, 5) is 29.7. The van der Waals surface area contributed by atoms with Gasteiger partial charge in [0.25, 0.3) is 0 Å². The minimum atomic E-state index is -0.780. The van der Waals surface area contributed by atoms with E-state index in [0.717, 1.165) is 33.6 Å². The molecule has 0 bridgehead atoms. The van der Waals surface area contributed by atoms with Gasteiger partial charge in [-0.1, -0.05) is 133 Å². The summed E-state index contributed by atoms with van der Waals surface area (Å²) >= 11 is 1.68. The lowest BCUT2D eigenvalue weighted by Crippen LogP contribution is -2.73. The maximum absolute atomic E-state index is 14.1. The number of thioether (sulfide) groups is 1. The van der Waals surface area contributed by atoms with Crippen molar-refractivity contribution in [2.45, 2.75) is 54.7 Å². The molecular weight excluding hydrogens is 615 g/mol. The van der Waals surface area contributed by atoms with Crippen molar-refractivity contribution >= 4 is 23.6 Å². The molecule has 2 amide bonds. The van der Waals surface area contributed by atoms with Gasteiger partial charge < -0.3 is 15.0 Å². The van der Waals surface area contributed by atoms with Crippen molar-refractivity contribution in [1.29, 1.82) is 0 Å². The summed E-state index contributed by atoms with van der Waals surface area (Å²) in [6.45, 7) is 4.97. The van der Waals surface area contributed by atoms with Crippen LogP contribution in [0.25, 0.3) is 0 Å². The molecule has 7 heteroatoms. The zero-order chi connectivity index (χ0) is 33.1. The van der Waals surface area contributed by atoms with Crippen LogP contribution in [0.15, 0.2) is 146 Å². The lowest BCUT2D eigenvalue weighted by atomic mass is 9.76. The number of hydrogen-bond acceptors (Lipinski definition) is 5. The highest BCUT2D eigenvalue weighted by Crippen LogP contribution is 2.52. The van der Waals surface area contributed by atoms with Crippen molar-refractivity contribution < 1.29 is 14.3 Å². The molecule has 2 saturated heterocycles. The van der Waals surface area contributed by atoms with Crippen molar-refractivity contribution in [3.63, 3.8) is 0 Å². The van der Waals surface area contributed by atoms with Crippen molar-refractivity contribution in [3.8, 4) is 5.75 Å². The Bertz CT molecular complexity index is 1760. The Balaban J connectivity index is 1.08. The highest BCUT2D eigenvalue weighted by molar-refractivity contribution is 8.01. The number of carbonyl (C=O) groups is 2. The van der Waals surface area contributed by atoms with Crippen LogP contribution in [0.4, 0.5) is 0 Å². The lowest BCUT2D eigenvalue weighted by molar-refractivity contribution is -0.154. The molecule has 5 aromatic carbocycles. The van der Waals surface area contributed by atoms with Gasteiger partial charge >= 0.3 is 0 Å².